The zero-order valence-corrected chi connectivity index (χ0v) is 11.3. The lowest BCUT2D eigenvalue weighted by Gasteiger charge is -2.46. The highest BCUT2D eigenvalue weighted by atomic mass is 19.1. The van der Waals surface area contributed by atoms with Crippen molar-refractivity contribution >= 4 is 0 Å². The molecule has 0 amide bonds. The minimum absolute atomic E-state index is 0.323. The number of alkyl halides is 1. The van der Waals surface area contributed by atoms with Crippen LogP contribution in [0.25, 0.3) is 0 Å². The molecule has 1 aliphatic carbocycles. The fourth-order valence-corrected chi connectivity index (χ4v) is 2.90. The molecule has 0 bridgehead atoms. The van der Waals surface area contributed by atoms with Crippen LogP contribution in [0.1, 0.15) is 46.0 Å². The van der Waals surface area contributed by atoms with Gasteiger partial charge in [-0.15, -0.1) is 0 Å². The average molecular weight is 243 g/mol. The first-order valence-electron chi connectivity index (χ1n) is 7.08. The van der Waals surface area contributed by atoms with Crippen molar-refractivity contribution in [2.45, 2.75) is 58.2 Å². The van der Waals surface area contributed by atoms with Gasteiger partial charge >= 0.3 is 0 Å². The molecule has 1 aliphatic heterocycles. The molecule has 2 nitrogen and oxygen atoms in total. The maximum Gasteiger partial charge on any atom is 0.103 e. The van der Waals surface area contributed by atoms with E-state index in [0.717, 1.165) is 39.1 Å². The molecular weight excluding hydrogens is 217 g/mol. The SMILES string of the molecule is CC(C)OCC1(CN2CCC(F)CC2)CCC1. The van der Waals surface area contributed by atoms with E-state index in [-0.39, 0.29) is 0 Å². The Morgan fingerprint density at radius 3 is 2.41 bits per heavy atom. The predicted octanol–water partition coefficient (Wildman–Crippen LogP) is 3.02. The van der Waals surface area contributed by atoms with Gasteiger partial charge in [-0.3, -0.25) is 0 Å². The molecule has 2 rings (SSSR count). The molecular formula is C14H26FNO. The van der Waals surface area contributed by atoms with Crippen LogP contribution in [-0.2, 0) is 4.74 Å². The van der Waals surface area contributed by atoms with E-state index in [1.54, 1.807) is 0 Å². The molecule has 1 saturated carbocycles. The third-order valence-corrected chi connectivity index (χ3v) is 4.21. The molecule has 0 aromatic heterocycles. The number of halogens is 1. The molecule has 0 aromatic carbocycles. The van der Waals surface area contributed by atoms with E-state index in [1.165, 1.54) is 19.3 Å². The van der Waals surface area contributed by atoms with Gasteiger partial charge in [-0.05, 0) is 39.5 Å². The zero-order chi connectivity index (χ0) is 12.3. The van der Waals surface area contributed by atoms with Crippen LogP contribution in [0.5, 0.6) is 0 Å². The summed E-state index contributed by atoms with van der Waals surface area (Å²) in [7, 11) is 0. The summed E-state index contributed by atoms with van der Waals surface area (Å²) in [6, 6.07) is 0. The average Bonchev–Trinajstić information content (AvgIpc) is 2.24. The first-order chi connectivity index (χ1) is 8.10. The Morgan fingerprint density at radius 1 is 1.29 bits per heavy atom. The predicted molar refractivity (Wildman–Crippen MR) is 67.9 cm³/mol. The molecule has 0 aromatic rings. The van der Waals surface area contributed by atoms with Crippen molar-refractivity contribution in [3.05, 3.63) is 0 Å². The Morgan fingerprint density at radius 2 is 1.94 bits per heavy atom. The number of hydrogen-bond acceptors (Lipinski definition) is 2. The zero-order valence-electron chi connectivity index (χ0n) is 11.3. The summed E-state index contributed by atoms with van der Waals surface area (Å²) in [4.78, 5) is 2.44. The highest BCUT2D eigenvalue weighted by Gasteiger charge is 2.39. The number of rotatable bonds is 5. The van der Waals surface area contributed by atoms with Crippen LogP contribution in [-0.4, -0.2) is 43.4 Å². The Bertz CT molecular complexity index is 232. The lowest BCUT2D eigenvalue weighted by Crippen LogP contribution is -2.48. The molecule has 0 atom stereocenters. The van der Waals surface area contributed by atoms with Crippen molar-refractivity contribution in [1.29, 1.82) is 0 Å². The van der Waals surface area contributed by atoms with Gasteiger partial charge in [0.15, 0.2) is 0 Å². The van der Waals surface area contributed by atoms with Crippen LogP contribution in [0.2, 0.25) is 0 Å². The number of ether oxygens (including phenoxy) is 1. The Kier molecular flexibility index (Phi) is 4.42. The minimum Gasteiger partial charge on any atom is -0.378 e. The van der Waals surface area contributed by atoms with Gasteiger partial charge in [0.2, 0.25) is 0 Å². The molecule has 0 N–H and O–H groups in total. The van der Waals surface area contributed by atoms with Crippen LogP contribution in [0, 0.1) is 5.41 Å². The fraction of sp³-hybridized carbons (Fsp3) is 1.00. The summed E-state index contributed by atoms with van der Waals surface area (Å²) in [5.41, 5.74) is 0.382. The van der Waals surface area contributed by atoms with Gasteiger partial charge < -0.3 is 9.64 Å². The standard InChI is InChI=1S/C14H26FNO/c1-12(2)17-11-14(6-3-7-14)10-16-8-4-13(15)5-9-16/h12-13H,3-11H2,1-2H3. The summed E-state index contributed by atoms with van der Waals surface area (Å²) in [5, 5.41) is 0. The lowest BCUT2D eigenvalue weighted by atomic mass is 9.69. The smallest absolute Gasteiger partial charge is 0.103 e. The van der Waals surface area contributed by atoms with Gasteiger partial charge in [-0.1, -0.05) is 6.42 Å². The van der Waals surface area contributed by atoms with Crippen LogP contribution in [0.15, 0.2) is 0 Å². The quantitative estimate of drug-likeness (QED) is 0.736. The van der Waals surface area contributed by atoms with Crippen LogP contribution in [0.3, 0.4) is 0 Å². The van der Waals surface area contributed by atoms with E-state index < -0.39 is 6.17 Å². The fourth-order valence-electron chi connectivity index (χ4n) is 2.90. The van der Waals surface area contributed by atoms with E-state index in [0.29, 0.717) is 11.5 Å². The third kappa shape index (κ3) is 3.65. The van der Waals surface area contributed by atoms with Crippen LogP contribution >= 0.6 is 0 Å². The molecule has 17 heavy (non-hydrogen) atoms. The topological polar surface area (TPSA) is 12.5 Å². The van der Waals surface area contributed by atoms with E-state index in [1.807, 2.05) is 0 Å². The monoisotopic (exact) mass is 243 g/mol. The van der Waals surface area contributed by atoms with Crippen molar-refractivity contribution in [3.63, 3.8) is 0 Å². The van der Waals surface area contributed by atoms with Gasteiger partial charge in [0, 0.05) is 25.0 Å². The molecule has 0 spiro atoms. The molecule has 0 radical (unpaired) electrons. The van der Waals surface area contributed by atoms with Gasteiger partial charge in [0.1, 0.15) is 6.17 Å². The normalized spacial score (nSPS) is 26.1. The second kappa shape index (κ2) is 5.66. The Hall–Kier alpha value is -0.150. The summed E-state index contributed by atoms with van der Waals surface area (Å²) in [6.07, 6.45) is 5.12. The number of hydrogen-bond donors (Lipinski definition) is 0. The van der Waals surface area contributed by atoms with Gasteiger partial charge in [0.05, 0.1) is 12.7 Å². The first-order valence-corrected chi connectivity index (χ1v) is 7.08. The van der Waals surface area contributed by atoms with Crippen LogP contribution in [0.4, 0.5) is 4.39 Å². The van der Waals surface area contributed by atoms with Gasteiger partial charge in [-0.2, -0.15) is 0 Å². The van der Waals surface area contributed by atoms with Gasteiger partial charge in [-0.25, -0.2) is 4.39 Å². The van der Waals surface area contributed by atoms with Crippen LogP contribution < -0.4 is 0 Å². The Balaban J connectivity index is 1.78. The van der Waals surface area contributed by atoms with Gasteiger partial charge in [0.25, 0.3) is 0 Å². The maximum absolute atomic E-state index is 13.1. The highest BCUT2D eigenvalue weighted by molar-refractivity contribution is 4.91. The highest BCUT2D eigenvalue weighted by Crippen LogP contribution is 2.42. The molecule has 1 saturated heterocycles. The second-order valence-corrected chi connectivity index (χ2v) is 6.16. The van der Waals surface area contributed by atoms with Crippen molar-refractivity contribution in [1.82, 2.24) is 4.90 Å². The second-order valence-electron chi connectivity index (χ2n) is 6.16. The van der Waals surface area contributed by atoms with E-state index in [2.05, 4.69) is 18.7 Å². The van der Waals surface area contributed by atoms with Crippen molar-refractivity contribution in [2.75, 3.05) is 26.2 Å². The molecule has 1 heterocycles. The molecule has 100 valence electrons. The number of nitrogens with zero attached hydrogens (tertiary/aromatic N) is 1. The minimum atomic E-state index is -0.560. The molecule has 0 unspecified atom stereocenters. The summed E-state index contributed by atoms with van der Waals surface area (Å²) in [6.45, 7) is 8.07. The molecule has 2 fully saturated rings. The van der Waals surface area contributed by atoms with Crippen molar-refractivity contribution in [3.8, 4) is 0 Å². The first kappa shape index (κ1) is 13.3. The third-order valence-electron chi connectivity index (χ3n) is 4.21. The van der Waals surface area contributed by atoms with E-state index in [4.69, 9.17) is 4.74 Å². The van der Waals surface area contributed by atoms with E-state index >= 15 is 0 Å². The molecule has 3 heteroatoms. The largest absolute Gasteiger partial charge is 0.378 e. The summed E-state index contributed by atoms with van der Waals surface area (Å²) < 4.78 is 18.9. The molecule has 2 aliphatic rings. The maximum atomic E-state index is 13.1. The Labute approximate surface area is 105 Å². The summed E-state index contributed by atoms with van der Waals surface area (Å²) >= 11 is 0. The number of piperidine rings is 1. The summed E-state index contributed by atoms with van der Waals surface area (Å²) in [5.74, 6) is 0. The lowest BCUT2D eigenvalue weighted by molar-refractivity contribution is -0.0546. The van der Waals surface area contributed by atoms with E-state index in [9.17, 15) is 4.39 Å². The number of likely N-dealkylation sites (tertiary alicyclic amines) is 1. The van der Waals surface area contributed by atoms with Crippen molar-refractivity contribution < 1.29 is 9.13 Å². The van der Waals surface area contributed by atoms with Crippen molar-refractivity contribution in [2.24, 2.45) is 5.41 Å².